The van der Waals surface area contributed by atoms with Crippen LogP contribution in [0.15, 0.2) is 0 Å². The number of carbonyl (C=O) groups is 7. The van der Waals surface area contributed by atoms with E-state index >= 15 is 0 Å². The molecule has 126 heavy (non-hydrogen) atoms. The van der Waals surface area contributed by atoms with Gasteiger partial charge in [-0.15, -0.1) is 0 Å². The van der Waals surface area contributed by atoms with Crippen LogP contribution >= 0.6 is 0 Å². The number of carboxylic acid groups (broad SMARTS) is 2. The molecule has 0 aliphatic carbocycles. The number of aliphatic hydroxyl groups is 26. The van der Waals surface area contributed by atoms with Crippen LogP contribution in [0, 0.1) is 0 Å². The van der Waals surface area contributed by atoms with E-state index in [0.29, 0.717) is 0 Å². The van der Waals surface area contributed by atoms with Crippen molar-refractivity contribution in [3.8, 4) is 0 Å². The van der Waals surface area contributed by atoms with Gasteiger partial charge in [-0.2, -0.15) is 0 Å². The van der Waals surface area contributed by atoms with E-state index in [-0.39, 0.29) is 0 Å². The van der Waals surface area contributed by atoms with Gasteiger partial charge in [0.25, 0.3) is 11.6 Å². The van der Waals surface area contributed by atoms with Crippen molar-refractivity contribution >= 4 is 41.5 Å². The number of carbonyl (C=O) groups excluding carboxylic acids is 5. The van der Waals surface area contributed by atoms with Crippen LogP contribution in [0.5, 0.6) is 0 Å². The van der Waals surface area contributed by atoms with Crippen molar-refractivity contribution in [2.45, 2.75) is 335 Å². The maximum absolute atomic E-state index is 13.5. The van der Waals surface area contributed by atoms with Crippen LogP contribution in [0.3, 0.4) is 0 Å². The largest absolute Gasteiger partial charge is 0.477 e. The van der Waals surface area contributed by atoms with Crippen LogP contribution in [-0.4, -0.2) is 525 Å². The van der Waals surface area contributed by atoms with Gasteiger partial charge in [0.05, 0.1) is 95.9 Å². The highest BCUT2D eigenvalue weighted by Crippen LogP contribution is 2.43. The number of carboxylic acids is 2. The number of aliphatic carboxylic acids is 2. The highest BCUT2D eigenvalue weighted by molar-refractivity contribution is 5.78. The summed E-state index contributed by atoms with van der Waals surface area (Å²) < 4.78 is 94.2. The number of nitrogens with one attached hydrogen (secondary N) is 5. The number of ether oxygens (including phenoxy) is 16. The van der Waals surface area contributed by atoms with E-state index in [1.807, 2.05) is 0 Å². The molecule has 0 radical (unpaired) electrons. The zero-order chi connectivity index (χ0) is 94.1. The molecule has 8 fully saturated rings. The number of hydrogen-bond donors (Lipinski definition) is 33. The smallest absolute Gasteiger partial charge is 0.364 e. The third-order valence-electron chi connectivity index (χ3n) is 22.3. The summed E-state index contributed by atoms with van der Waals surface area (Å²) in [6.45, 7) is -5.48. The second kappa shape index (κ2) is 45.8. The molecular formula is C70H117N5O51. The topological polar surface area (TPSA) is 894 Å². The summed E-state index contributed by atoms with van der Waals surface area (Å²) in [5, 5.41) is 323. The average molecular weight is 1840 g/mol. The molecular weight excluding hydrogens is 1730 g/mol. The molecule has 728 valence electrons. The Labute approximate surface area is 713 Å². The van der Waals surface area contributed by atoms with E-state index < -0.39 is 395 Å². The van der Waals surface area contributed by atoms with Gasteiger partial charge in [0, 0.05) is 47.5 Å². The van der Waals surface area contributed by atoms with Crippen LogP contribution in [-0.2, 0) is 109 Å². The van der Waals surface area contributed by atoms with Crippen LogP contribution in [0.2, 0.25) is 0 Å². The average Bonchev–Trinajstić information content (AvgIpc) is 0.791. The third-order valence-corrected chi connectivity index (χ3v) is 22.3. The van der Waals surface area contributed by atoms with Crippen LogP contribution < -0.4 is 26.6 Å². The molecule has 0 bridgehead atoms. The van der Waals surface area contributed by atoms with E-state index in [0.717, 1.165) is 34.6 Å². The summed E-state index contributed by atoms with van der Waals surface area (Å²) in [5.74, 6) is -15.8. The monoisotopic (exact) mass is 1840 g/mol. The fraction of sp³-hybridized carbons (Fsp3) is 0.900. The fourth-order valence-corrected chi connectivity index (χ4v) is 15.8. The predicted molar refractivity (Wildman–Crippen MR) is 390 cm³/mol. The molecule has 0 aromatic carbocycles. The van der Waals surface area contributed by atoms with Gasteiger partial charge < -0.3 is 245 Å². The van der Waals surface area contributed by atoms with E-state index in [9.17, 15) is 177 Å². The van der Waals surface area contributed by atoms with Crippen molar-refractivity contribution in [1.82, 2.24) is 26.6 Å². The molecule has 5 amide bonds. The normalized spacial score (nSPS) is 43.1. The minimum atomic E-state index is -3.35. The van der Waals surface area contributed by atoms with E-state index in [2.05, 4.69) is 26.6 Å². The van der Waals surface area contributed by atoms with Crippen molar-refractivity contribution < 1.29 is 252 Å². The Morgan fingerprint density at radius 2 is 0.746 bits per heavy atom. The van der Waals surface area contributed by atoms with E-state index in [1.165, 1.54) is 6.92 Å². The van der Waals surface area contributed by atoms with Gasteiger partial charge in [-0.3, -0.25) is 24.0 Å². The maximum atomic E-state index is 13.5. The van der Waals surface area contributed by atoms with Crippen LogP contribution in [0.1, 0.15) is 54.4 Å². The molecule has 33 N–H and O–H groups in total. The maximum Gasteiger partial charge on any atom is 0.364 e. The van der Waals surface area contributed by atoms with Gasteiger partial charge in [0.1, 0.15) is 195 Å². The summed E-state index contributed by atoms with van der Waals surface area (Å²) in [6.07, 6.45) is -89.7. The second-order valence-corrected chi connectivity index (χ2v) is 31.5. The van der Waals surface area contributed by atoms with Gasteiger partial charge in [-0.05, 0) is 6.92 Å². The standard InChI is InChI=1S/C70H117N5O51/c1-18-39(94)47(102)48(103)63(112-18)121-57-38(75-23(6)88)62(117-34(16-83)54(57)120-66-51(106)60(45(100)32(14-81)115-66)126-70(68(109)110)8-26(90)36(73-21(4)86)56(124-70)41(96)28(92)11-78)122-58-43(98)30(12-79)113-64(49(58)104)119-53-33(15-82)116-61(37(46(53)101)74-22(5)87)111-17-29(93)42(97)52(24(9-76)71-19(2)84)118-65-50(105)59(44(99)31(13-80)114-65)125-69(67(107)108)7-25(89)35(72-20(3)85)55(123-69)40(95)27(91)10-77/h18,24-66,76-83,89-106H,7-17H2,1-6H3,(H,71,84)(H,72,85)(H,73,86)(H,74,87)(H,75,88)(H,107,108)(H,109,110)/t18-,24-,25-,26-,27+,28+,29+,30+,31+,32+,33+,34+,35+,36+,37+,38+,39+,40+,41+,42-,43-,44-,45-,46+,47+,48-,49+,50+,51+,52+,53+,54+,55+,56+,57+,58-,59-,60-,61+,62-,63-,64-,65-,66-,69-,70-/m0/s1. The van der Waals surface area contributed by atoms with Gasteiger partial charge >= 0.3 is 11.9 Å². The van der Waals surface area contributed by atoms with E-state index in [4.69, 9.17) is 75.8 Å². The van der Waals surface area contributed by atoms with Gasteiger partial charge in [0.2, 0.25) is 29.5 Å². The molecule has 56 nitrogen and oxygen atoms in total. The van der Waals surface area contributed by atoms with Crippen LogP contribution in [0.4, 0.5) is 0 Å². The first-order valence-electron chi connectivity index (χ1n) is 39.7. The van der Waals surface area contributed by atoms with Crippen molar-refractivity contribution in [3.63, 3.8) is 0 Å². The Morgan fingerprint density at radius 1 is 0.373 bits per heavy atom. The lowest BCUT2D eigenvalue weighted by molar-refractivity contribution is -0.399. The Balaban J connectivity index is 1.05. The lowest BCUT2D eigenvalue weighted by Crippen LogP contribution is -2.72. The summed E-state index contributed by atoms with van der Waals surface area (Å²) in [5.41, 5.74) is 0. The summed E-state index contributed by atoms with van der Waals surface area (Å²) in [6, 6.07) is -9.52. The highest BCUT2D eigenvalue weighted by atomic mass is 16.8. The van der Waals surface area contributed by atoms with Gasteiger partial charge in [-0.25, -0.2) is 9.59 Å². The molecule has 0 aromatic rings. The molecule has 46 atom stereocenters. The zero-order valence-electron chi connectivity index (χ0n) is 68.1. The predicted octanol–water partition coefficient (Wildman–Crippen LogP) is -20.8. The quantitative estimate of drug-likeness (QED) is 0.0272. The van der Waals surface area contributed by atoms with Crippen molar-refractivity contribution in [3.05, 3.63) is 0 Å². The Morgan fingerprint density at radius 3 is 1.17 bits per heavy atom. The highest BCUT2D eigenvalue weighted by Gasteiger charge is 2.65. The first kappa shape index (κ1) is 106. The molecule has 0 spiro atoms. The molecule has 0 aromatic heterocycles. The first-order chi connectivity index (χ1) is 59.2. The molecule has 8 saturated heterocycles. The third kappa shape index (κ3) is 24.0. The number of rotatable bonds is 39. The lowest BCUT2D eigenvalue weighted by atomic mass is 9.88. The number of aliphatic hydroxyl groups excluding tert-OH is 26. The summed E-state index contributed by atoms with van der Waals surface area (Å²) in [4.78, 5) is 90.2. The minimum absolute atomic E-state index is 0.870. The first-order valence-corrected chi connectivity index (χ1v) is 39.7. The van der Waals surface area contributed by atoms with E-state index in [1.54, 1.807) is 0 Å². The molecule has 0 unspecified atom stereocenters. The molecule has 56 heteroatoms. The van der Waals surface area contributed by atoms with Crippen LogP contribution in [0.25, 0.3) is 0 Å². The van der Waals surface area contributed by atoms with Crippen molar-refractivity contribution in [1.29, 1.82) is 0 Å². The van der Waals surface area contributed by atoms with Gasteiger partial charge in [0.15, 0.2) is 37.7 Å². The SMILES string of the molecule is CC(=O)N[C@H]1[C@H](OC[C@@H](O)[C@H](O)[C@H](O[C@@H]2O[C@H](CO)[C@H](O)[C@H](O[C@]3(C(=O)O)C[C@H](O)[C@@H](NC(C)=O)[C@H]([C@H](O)[C@H](O)CO)O3)[C@H]2O)[C@H](CO)NC(C)=O)O[C@H](CO)[C@@H](O[C@@H]2O[C@H](CO)[C@H](O)[C@H](O[C@@H]3O[C@H](CO)[C@@H](O[C@@H]4O[C@H](CO)[C@H](O)[C@H](O[C@]5(C(=O)O)C[C@H](O)[C@@H](NC(C)=O)[C@H]([C@H](O)[C@H](O)CO)O5)[C@H]4O)[C@H](O[C@@H]4O[C@@H](C)[C@@H](O)[C@@H](O)[C@@H]4O)[C@H]3NC(C)=O)[C@H]2O)[C@@H]1O. The Hall–Kier alpha value is -5.39. The molecule has 8 aliphatic rings. The lowest BCUT2D eigenvalue weighted by Gasteiger charge is -2.52. The molecule has 8 rings (SSSR count). The number of amides is 5. The molecule has 0 saturated carbocycles. The molecule has 8 heterocycles. The number of hydrogen-bond acceptors (Lipinski definition) is 49. The second-order valence-electron chi connectivity index (χ2n) is 31.5. The summed E-state index contributed by atoms with van der Waals surface area (Å²) >= 11 is 0. The Bertz CT molecular complexity index is 3510. The summed E-state index contributed by atoms with van der Waals surface area (Å²) in [7, 11) is 0. The Kier molecular flexibility index (Phi) is 38.5. The zero-order valence-corrected chi connectivity index (χ0v) is 68.1. The molecule has 8 aliphatic heterocycles. The van der Waals surface area contributed by atoms with Crippen molar-refractivity contribution in [2.24, 2.45) is 0 Å². The minimum Gasteiger partial charge on any atom is -0.477 e. The van der Waals surface area contributed by atoms with Gasteiger partial charge in [-0.1, -0.05) is 0 Å². The van der Waals surface area contributed by atoms with Crippen molar-refractivity contribution in [2.75, 3.05) is 59.5 Å². The fourth-order valence-electron chi connectivity index (χ4n) is 15.8.